The average Bonchev–Trinajstić information content (AvgIpc) is 2.89. The van der Waals surface area contributed by atoms with Gasteiger partial charge in [0.05, 0.1) is 13.2 Å². The van der Waals surface area contributed by atoms with E-state index in [1.807, 2.05) is 10.3 Å². The van der Waals surface area contributed by atoms with Crippen molar-refractivity contribution in [3.63, 3.8) is 0 Å². The van der Waals surface area contributed by atoms with Gasteiger partial charge in [0, 0.05) is 13.2 Å². The molecular formula is C13H18N2O2S. The minimum atomic E-state index is 0.0354. The molecule has 1 amide bonds. The maximum atomic E-state index is 11.8. The third-order valence-electron chi connectivity index (χ3n) is 3.46. The van der Waals surface area contributed by atoms with E-state index in [0.717, 1.165) is 12.5 Å². The molecule has 2 fully saturated rings. The highest BCUT2D eigenvalue weighted by Crippen LogP contribution is 2.29. The summed E-state index contributed by atoms with van der Waals surface area (Å²) >= 11 is 1.66. The molecular weight excluding hydrogens is 248 g/mol. The number of carbonyl (C=O) groups is 1. The first-order valence-electron chi connectivity index (χ1n) is 6.47. The monoisotopic (exact) mass is 266 g/mol. The zero-order chi connectivity index (χ0) is 12.4. The van der Waals surface area contributed by atoms with Gasteiger partial charge < -0.3 is 9.64 Å². The van der Waals surface area contributed by atoms with Gasteiger partial charge in [-0.05, 0) is 41.1 Å². The smallest absolute Gasteiger partial charge is 0.238 e. The van der Waals surface area contributed by atoms with Gasteiger partial charge in [-0.1, -0.05) is 0 Å². The Bertz CT molecular complexity index is 403. The SMILES string of the molecule is O=C1CNC(c2ccsc2)N1CCOCC1CC1. The number of carbonyl (C=O) groups excluding carboxylic acids is 1. The summed E-state index contributed by atoms with van der Waals surface area (Å²) in [6, 6.07) is 2.07. The van der Waals surface area contributed by atoms with Crippen LogP contribution in [0.1, 0.15) is 24.6 Å². The van der Waals surface area contributed by atoms with E-state index in [1.165, 1.54) is 18.4 Å². The number of amides is 1. The van der Waals surface area contributed by atoms with Crippen molar-refractivity contribution < 1.29 is 9.53 Å². The number of ether oxygens (including phenoxy) is 1. The Morgan fingerprint density at radius 1 is 1.50 bits per heavy atom. The van der Waals surface area contributed by atoms with Crippen LogP contribution in [0.4, 0.5) is 0 Å². The third kappa shape index (κ3) is 2.74. The predicted octanol–water partition coefficient (Wildman–Crippen LogP) is 1.61. The molecule has 1 aromatic rings. The summed E-state index contributed by atoms with van der Waals surface area (Å²) in [6.45, 7) is 2.62. The van der Waals surface area contributed by atoms with E-state index in [4.69, 9.17) is 4.74 Å². The van der Waals surface area contributed by atoms with Gasteiger partial charge in [0.15, 0.2) is 0 Å². The van der Waals surface area contributed by atoms with E-state index >= 15 is 0 Å². The Balaban J connectivity index is 1.52. The first kappa shape index (κ1) is 12.1. The van der Waals surface area contributed by atoms with E-state index in [0.29, 0.717) is 19.7 Å². The lowest BCUT2D eigenvalue weighted by atomic mass is 10.2. The normalized spacial score (nSPS) is 23.9. The van der Waals surface area contributed by atoms with Crippen molar-refractivity contribution in [3.8, 4) is 0 Å². The van der Waals surface area contributed by atoms with Crippen LogP contribution in [0, 0.1) is 5.92 Å². The maximum absolute atomic E-state index is 11.8. The van der Waals surface area contributed by atoms with Gasteiger partial charge in [0.1, 0.15) is 6.17 Å². The van der Waals surface area contributed by atoms with Crippen LogP contribution in [0.25, 0.3) is 0 Å². The lowest BCUT2D eigenvalue weighted by Crippen LogP contribution is -2.33. The number of hydrogen-bond acceptors (Lipinski definition) is 4. The molecule has 5 heteroatoms. The van der Waals surface area contributed by atoms with Gasteiger partial charge in [0.25, 0.3) is 0 Å². The van der Waals surface area contributed by atoms with Crippen molar-refractivity contribution in [3.05, 3.63) is 22.4 Å². The first-order chi connectivity index (χ1) is 8.84. The largest absolute Gasteiger partial charge is 0.379 e. The Labute approximate surface area is 111 Å². The van der Waals surface area contributed by atoms with Gasteiger partial charge in [-0.2, -0.15) is 11.3 Å². The van der Waals surface area contributed by atoms with Crippen molar-refractivity contribution in [1.29, 1.82) is 0 Å². The van der Waals surface area contributed by atoms with Crippen molar-refractivity contribution in [1.82, 2.24) is 10.2 Å². The second kappa shape index (κ2) is 5.38. The third-order valence-corrected chi connectivity index (χ3v) is 4.17. The molecule has 0 radical (unpaired) electrons. The number of thiophene rings is 1. The number of nitrogens with zero attached hydrogens (tertiary/aromatic N) is 1. The molecule has 1 N–H and O–H groups in total. The zero-order valence-corrected chi connectivity index (χ0v) is 11.1. The molecule has 2 aliphatic rings. The van der Waals surface area contributed by atoms with Gasteiger partial charge in [-0.3, -0.25) is 10.1 Å². The van der Waals surface area contributed by atoms with Crippen LogP contribution in [0.3, 0.4) is 0 Å². The summed E-state index contributed by atoms with van der Waals surface area (Å²) in [4.78, 5) is 13.7. The predicted molar refractivity (Wildman–Crippen MR) is 70.3 cm³/mol. The van der Waals surface area contributed by atoms with Gasteiger partial charge in [-0.15, -0.1) is 0 Å². The topological polar surface area (TPSA) is 41.6 Å². The lowest BCUT2D eigenvalue weighted by Gasteiger charge is -2.23. The second-order valence-corrected chi connectivity index (χ2v) is 5.73. The molecule has 0 spiro atoms. The second-order valence-electron chi connectivity index (χ2n) is 4.95. The first-order valence-corrected chi connectivity index (χ1v) is 7.41. The van der Waals surface area contributed by atoms with Crippen LogP contribution < -0.4 is 5.32 Å². The summed E-state index contributed by atoms with van der Waals surface area (Å²) in [5.41, 5.74) is 1.17. The standard InChI is InChI=1S/C13H18N2O2S/c16-12-7-14-13(11-3-6-18-9-11)15(12)4-5-17-8-10-1-2-10/h3,6,9-10,13-14H,1-2,4-5,7-8H2. The molecule has 0 bridgehead atoms. The molecule has 1 unspecified atom stereocenters. The van der Waals surface area contributed by atoms with Crippen molar-refractivity contribution in [2.75, 3.05) is 26.3 Å². The highest BCUT2D eigenvalue weighted by atomic mass is 32.1. The van der Waals surface area contributed by atoms with E-state index in [9.17, 15) is 4.79 Å². The lowest BCUT2D eigenvalue weighted by molar-refractivity contribution is -0.128. The quantitative estimate of drug-likeness (QED) is 0.795. The van der Waals surface area contributed by atoms with Gasteiger partial charge in [0.2, 0.25) is 5.91 Å². The van der Waals surface area contributed by atoms with Crippen LogP contribution >= 0.6 is 11.3 Å². The van der Waals surface area contributed by atoms with Crippen molar-refractivity contribution in [2.24, 2.45) is 5.92 Å². The molecule has 3 rings (SSSR count). The van der Waals surface area contributed by atoms with E-state index in [2.05, 4.69) is 16.8 Å². The molecule has 4 nitrogen and oxygen atoms in total. The fourth-order valence-electron chi connectivity index (χ4n) is 2.22. The fourth-order valence-corrected chi connectivity index (χ4v) is 2.90. The van der Waals surface area contributed by atoms with Crippen LogP contribution in [-0.4, -0.2) is 37.1 Å². The highest BCUT2D eigenvalue weighted by Gasteiger charge is 2.31. The average molecular weight is 266 g/mol. The Hall–Kier alpha value is -0.910. The van der Waals surface area contributed by atoms with E-state index < -0.39 is 0 Å². The Morgan fingerprint density at radius 2 is 2.39 bits per heavy atom. The van der Waals surface area contributed by atoms with Crippen LogP contribution in [0.5, 0.6) is 0 Å². The molecule has 1 saturated carbocycles. The molecule has 0 aromatic carbocycles. The number of rotatable bonds is 6. The maximum Gasteiger partial charge on any atom is 0.238 e. The van der Waals surface area contributed by atoms with E-state index in [-0.39, 0.29) is 12.1 Å². The van der Waals surface area contributed by atoms with Crippen LogP contribution in [-0.2, 0) is 9.53 Å². The molecule has 1 atom stereocenters. The fraction of sp³-hybridized carbons (Fsp3) is 0.615. The molecule has 1 saturated heterocycles. The molecule has 1 aromatic heterocycles. The number of hydrogen-bond donors (Lipinski definition) is 1. The molecule has 1 aliphatic carbocycles. The summed E-state index contributed by atoms with van der Waals surface area (Å²) in [7, 11) is 0. The molecule has 18 heavy (non-hydrogen) atoms. The van der Waals surface area contributed by atoms with E-state index in [1.54, 1.807) is 11.3 Å². The summed E-state index contributed by atoms with van der Waals surface area (Å²) in [5, 5.41) is 7.38. The van der Waals surface area contributed by atoms with Crippen LogP contribution in [0.15, 0.2) is 16.8 Å². The molecule has 98 valence electrons. The number of nitrogens with one attached hydrogen (secondary N) is 1. The summed E-state index contributed by atoms with van der Waals surface area (Å²) in [5.74, 6) is 0.950. The highest BCUT2D eigenvalue weighted by molar-refractivity contribution is 7.07. The minimum absolute atomic E-state index is 0.0354. The molecule has 2 heterocycles. The van der Waals surface area contributed by atoms with Gasteiger partial charge >= 0.3 is 0 Å². The molecule has 1 aliphatic heterocycles. The summed E-state index contributed by atoms with van der Waals surface area (Å²) < 4.78 is 5.61. The van der Waals surface area contributed by atoms with Gasteiger partial charge in [-0.25, -0.2) is 0 Å². The van der Waals surface area contributed by atoms with Crippen molar-refractivity contribution >= 4 is 17.2 Å². The minimum Gasteiger partial charge on any atom is -0.379 e. The van der Waals surface area contributed by atoms with Crippen LogP contribution in [0.2, 0.25) is 0 Å². The zero-order valence-electron chi connectivity index (χ0n) is 10.3. The Morgan fingerprint density at radius 3 is 3.11 bits per heavy atom. The van der Waals surface area contributed by atoms with Crippen molar-refractivity contribution in [2.45, 2.75) is 19.0 Å². The Kier molecular flexibility index (Phi) is 3.63. The summed E-state index contributed by atoms with van der Waals surface area (Å²) in [6.07, 6.45) is 2.65.